The van der Waals surface area contributed by atoms with E-state index in [0.29, 0.717) is 6.04 Å². The number of nitrogens with one attached hydrogen (secondary N) is 1. The van der Waals surface area contributed by atoms with Gasteiger partial charge in [-0.3, -0.25) is 0 Å². The van der Waals surface area contributed by atoms with Gasteiger partial charge in [0.15, 0.2) is 0 Å². The van der Waals surface area contributed by atoms with E-state index in [0.717, 1.165) is 24.1 Å². The van der Waals surface area contributed by atoms with E-state index in [1.165, 1.54) is 12.8 Å². The van der Waals surface area contributed by atoms with E-state index in [2.05, 4.69) is 41.2 Å². The molecular weight excluding hydrogens is 198 g/mol. The first kappa shape index (κ1) is 11.2. The fourth-order valence-electron chi connectivity index (χ4n) is 1.87. The second-order valence-electron chi connectivity index (χ2n) is 4.82. The molecule has 1 aromatic heterocycles. The highest BCUT2D eigenvalue weighted by Crippen LogP contribution is 2.32. The summed E-state index contributed by atoms with van der Waals surface area (Å²) in [6.07, 6.45) is 2.77. The predicted molar refractivity (Wildman–Crippen MR) is 69.0 cm³/mol. The van der Waals surface area contributed by atoms with Crippen LogP contribution >= 0.6 is 0 Å². The number of nitrogens with zero attached hydrogens (tertiary/aromatic N) is 2. The Morgan fingerprint density at radius 1 is 1.44 bits per heavy atom. The van der Waals surface area contributed by atoms with Crippen molar-refractivity contribution in [1.82, 2.24) is 4.98 Å². The molecule has 0 spiro atoms. The predicted octanol–water partition coefficient (Wildman–Crippen LogP) is 2.75. The fourth-order valence-corrected chi connectivity index (χ4v) is 1.87. The smallest absolute Gasteiger partial charge is 0.131 e. The van der Waals surface area contributed by atoms with Gasteiger partial charge in [-0.15, -0.1) is 0 Å². The molecule has 0 radical (unpaired) electrons. The minimum Gasteiger partial charge on any atom is -0.373 e. The summed E-state index contributed by atoms with van der Waals surface area (Å²) in [5.41, 5.74) is 0. The van der Waals surface area contributed by atoms with Gasteiger partial charge >= 0.3 is 0 Å². The Morgan fingerprint density at radius 2 is 2.19 bits per heavy atom. The third-order valence-corrected chi connectivity index (χ3v) is 3.06. The summed E-state index contributed by atoms with van der Waals surface area (Å²) in [4.78, 5) is 7.01. The fraction of sp³-hybridized carbons (Fsp3) is 0.615. The van der Waals surface area contributed by atoms with Gasteiger partial charge in [0.1, 0.15) is 11.6 Å². The maximum absolute atomic E-state index is 4.61. The van der Waals surface area contributed by atoms with Crippen LogP contribution in [0.4, 0.5) is 11.6 Å². The minimum atomic E-state index is 0.514. The van der Waals surface area contributed by atoms with Gasteiger partial charge < -0.3 is 10.2 Å². The molecule has 1 N–H and O–H groups in total. The first-order valence-electron chi connectivity index (χ1n) is 6.12. The molecule has 16 heavy (non-hydrogen) atoms. The van der Waals surface area contributed by atoms with Crippen LogP contribution in [-0.2, 0) is 0 Å². The molecule has 2 rings (SSSR count). The molecule has 3 nitrogen and oxygen atoms in total. The normalized spacial score (nSPS) is 15.2. The molecule has 3 heteroatoms. The Morgan fingerprint density at radius 3 is 2.75 bits per heavy atom. The second kappa shape index (κ2) is 4.73. The second-order valence-corrected chi connectivity index (χ2v) is 4.82. The largest absolute Gasteiger partial charge is 0.373 e. The van der Waals surface area contributed by atoms with Crippen LogP contribution in [0.15, 0.2) is 18.2 Å². The number of aromatic nitrogens is 1. The van der Waals surface area contributed by atoms with E-state index >= 15 is 0 Å². The average Bonchev–Trinajstić information content (AvgIpc) is 3.09. The summed E-state index contributed by atoms with van der Waals surface area (Å²) in [7, 11) is 1.91. The van der Waals surface area contributed by atoms with Crippen molar-refractivity contribution < 1.29 is 0 Å². The summed E-state index contributed by atoms with van der Waals surface area (Å²) >= 11 is 0. The maximum atomic E-state index is 4.61. The molecule has 1 heterocycles. The van der Waals surface area contributed by atoms with Crippen LogP contribution in [0, 0.1) is 5.92 Å². The zero-order chi connectivity index (χ0) is 11.5. The van der Waals surface area contributed by atoms with Crippen molar-refractivity contribution in [1.29, 1.82) is 0 Å². The summed E-state index contributed by atoms with van der Waals surface area (Å²) in [5.74, 6) is 2.93. The average molecular weight is 219 g/mol. The molecule has 1 aliphatic carbocycles. The molecule has 88 valence electrons. The molecule has 0 bridgehead atoms. The van der Waals surface area contributed by atoms with Gasteiger partial charge in [0.25, 0.3) is 0 Å². The van der Waals surface area contributed by atoms with Gasteiger partial charge in [-0.05, 0) is 44.7 Å². The van der Waals surface area contributed by atoms with E-state index in [1.807, 2.05) is 13.1 Å². The van der Waals surface area contributed by atoms with Crippen LogP contribution < -0.4 is 10.2 Å². The highest BCUT2D eigenvalue weighted by atomic mass is 15.2. The van der Waals surface area contributed by atoms with Crippen LogP contribution in [-0.4, -0.2) is 24.6 Å². The van der Waals surface area contributed by atoms with Crippen molar-refractivity contribution in [3.05, 3.63) is 18.2 Å². The van der Waals surface area contributed by atoms with E-state index in [1.54, 1.807) is 0 Å². The molecule has 1 fully saturated rings. The first-order valence-corrected chi connectivity index (χ1v) is 6.12. The Bertz CT molecular complexity index is 345. The molecule has 0 saturated heterocycles. The molecule has 1 aromatic rings. The maximum Gasteiger partial charge on any atom is 0.131 e. The summed E-state index contributed by atoms with van der Waals surface area (Å²) in [6.45, 7) is 5.62. The zero-order valence-corrected chi connectivity index (χ0v) is 10.4. The van der Waals surface area contributed by atoms with E-state index < -0.39 is 0 Å². The van der Waals surface area contributed by atoms with Crippen molar-refractivity contribution in [2.24, 2.45) is 5.92 Å². The lowest BCUT2D eigenvalue weighted by Crippen LogP contribution is -2.33. The lowest BCUT2D eigenvalue weighted by atomic mass is 10.2. The summed E-state index contributed by atoms with van der Waals surface area (Å²) in [5, 5.41) is 3.09. The van der Waals surface area contributed by atoms with Crippen molar-refractivity contribution in [3.8, 4) is 0 Å². The third-order valence-electron chi connectivity index (χ3n) is 3.06. The van der Waals surface area contributed by atoms with E-state index in [-0.39, 0.29) is 0 Å². The van der Waals surface area contributed by atoms with Gasteiger partial charge in [0.2, 0.25) is 0 Å². The van der Waals surface area contributed by atoms with Crippen molar-refractivity contribution in [2.45, 2.75) is 32.7 Å². The SMILES string of the molecule is CNc1cccc(N(CC2CC2)C(C)C)n1. The minimum absolute atomic E-state index is 0.514. The molecule has 1 saturated carbocycles. The standard InChI is InChI=1S/C13H21N3/c1-10(2)16(9-11-7-8-11)13-6-4-5-12(14-3)15-13/h4-6,10-11H,7-9H2,1-3H3,(H,14,15). The van der Waals surface area contributed by atoms with Gasteiger partial charge in [0.05, 0.1) is 0 Å². The van der Waals surface area contributed by atoms with Crippen LogP contribution in [0.5, 0.6) is 0 Å². The van der Waals surface area contributed by atoms with Gasteiger partial charge in [-0.25, -0.2) is 4.98 Å². The van der Waals surface area contributed by atoms with Gasteiger partial charge in [0, 0.05) is 19.6 Å². The Hall–Kier alpha value is -1.25. The highest BCUT2D eigenvalue weighted by molar-refractivity contribution is 5.47. The van der Waals surface area contributed by atoms with Crippen molar-refractivity contribution in [3.63, 3.8) is 0 Å². The van der Waals surface area contributed by atoms with Gasteiger partial charge in [-0.1, -0.05) is 6.07 Å². The number of anilines is 2. The van der Waals surface area contributed by atoms with Crippen molar-refractivity contribution in [2.75, 3.05) is 23.8 Å². The van der Waals surface area contributed by atoms with Crippen LogP contribution in [0.1, 0.15) is 26.7 Å². The Kier molecular flexibility index (Phi) is 3.32. The Balaban J connectivity index is 2.15. The zero-order valence-electron chi connectivity index (χ0n) is 10.4. The molecule has 0 amide bonds. The Labute approximate surface area is 97.9 Å². The molecule has 0 unspecified atom stereocenters. The molecular formula is C13H21N3. The molecule has 1 aliphatic rings. The number of hydrogen-bond donors (Lipinski definition) is 1. The number of rotatable bonds is 5. The van der Waals surface area contributed by atoms with E-state index in [9.17, 15) is 0 Å². The third kappa shape index (κ3) is 2.65. The highest BCUT2D eigenvalue weighted by Gasteiger charge is 2.26. The van der Waals surface area contributed by atoms with E-state index in [4.69, 9.17) is 0 Å². The molecule has 0 aliphatic heterocycles. The lowest BCUT2D eigenvalue weighted by molar-refractivity contribution is 0.637. The monoisotopic (exact) mass is 219 g/mol. The van der Waals surface area contributed by atoms with Crippen LogP contribution in [0.2, 0.25) is 0 Å². The first-order chi connectivity index (χ1) is 7.70. The van der Waals surface area contributed by atoms with Crippen LogP contribution in [0.3, 0.4) is 0 Å². The topological polar surface area (TPSA) is 28.2 Å². The quantitative estimate of drug-likeness (QED) is 0.825. The summed E-state index contributed by atoms with van der Waals surface area (Å²) < 4.78 is 0. The molecule has 0 aromatic carbocycles. The van der Waals surface area contributed by atoms with Crippen LogP contribution in [0.25, 0.3) is 0 Å². The lowest BCUT2D eigenvalue weighted by Gasteiger charge is -2.28. The number of hydrogen-bond acceptors (Lipinski definition) is 3. The molecule has 0 atom stereocenters. The van der Waals surface area contributed by atoms with Gasteiger partial charge in [-0.2, -0.15) is 0 Å². The summed E-state index contributed by atoms with van der Waals surface area (Å²) in [6, 6.07) is 6.68. The van der Waals surface area contributed by atoms with Crippen molar-refractivity contribution >= 4 is 11.6 Å². The number of pyridine rings is 1.